The van der Waals surface area contributed by atoms with Crippen LogP contribution in [0.25, 0.3) is 0 Å². The smallest absolute Gasteiger partial charge is 0.231 e. The maximum Gasteiger partial charge on any atom is 0.231 e. The molecule has 0 amide bonds. The third-order valence-electron chi connectivity index (χ3n) is 1.44. The maximum atomic E-state index is 5.57. The summed E-state index contributed by atoms with van der Waals surface area (Å²) in [6, 6.07) is 7.26. The molecule has 14 heavy (non-hydrogen) atoms. The number of nitrogens with two attached hydrogens (primary N) is 3. The van der Waals surface area contributed by atoms with Gasteiger partial charge in [-0.25, -0.2) is 5.43 Å². The molecular formula is C8H12N6. The highest BCUT2D eigenvalue weighted by atomic mass is 15.4. The number of nitrogens with zero attached hydrogens (tertiary/aromatic N) is 2. The summed E-state index contributed by atoms with van der Waals surface area (Å²) in [4.78, 5) is 0. The lowest BCUT2D eigenvalue weighted by Gasteiger charge is -1.96. The Morgan fingerprint density at radius 1 is 1.43 bits per heavy atom. The predicted molar refractivity (Wildman–Crippen MR) is 57.4 cm³/mol. The molecule has 0 spiro atoms. The number of guanidine groups is 1. The molecule has 0 bridgehead atoms. The normalized spacial score (nSPS) is 11.9. The van der Waals surface area contributed by atoms with Gasteiger partial charge in [-0.1, -0.05) is 12.1 Å². The molecule has 1 rings (SSSR count). The highest BCUT2D eigenvalue weighted by Crippen LogP contribution is 2.03. The van der Waals surface area contributed by atoms with Crippen molar-refractivity contribution in [3.8, 4) is 0 Å². The highest BCUT2D eigenvalue weighted by molar-refractivity contribution is 5.83. The Labute approximate surface area is 81.5 Å². The number of anilines is 1. The second-order valence-electron chi connectivity index (χ2n) is 2.55. The molecule has 0 aromatic heterocycles. The lowest BCUT2D eigenvalue weighted by molar-refractivity contribution is 0.993. The highest BCUT2D eigenvalue weighted by Gasteiger charge is 1.88. The molecule has 0 aliphatic rings. The molecule has 6 nitrogen and oxygen atoms in total. The summed E-state index contributed by atoms with van der Waals surface area (Å²) in [5.74, 6) is 4.93. The molecule has 6 heteroatoms. The van der Waals surface area contributed by atoms with E-state index in [0.29, 0.717) is 5.69 Å². The number of nitrogen functional groups attached to an aromatic ring is 1. The van der Waals surface area contributed by atoms with E-state index in [1.165, 1.54) is 0 Å². The fourth-order valence-electron chi connectivity index (χ4n) is 0.841. The Balaban J connectivity index is 2.60. The van der Waals surface area contributed by atoms with Crippen molar-refractivity contribution in [3.63, 3.8) is 0 Å². The SMILES string of the molecule is NN=C(N)NN=Cc1cccc(N)c1. The van der Waals surface area contributed by atoms with Crippen LogP contribution in [-0.2, 0) is 0 Å². The largest absolute Gasteiger partial charge is 0.399 e. The molecule has 0 aliphatic heterocycles. The van der Waals surface area contributed by atoms with Crippen molar-refractivity contribution >= 4 is 17.9 Å². The van der Waals surface area contributed by atoms with Gasteiger partial charge in [-0.3, -0.25) is 0 Å². The number of hydrogen-bond acceptors (Lipinski definition) is 4. The Morgan fingerprint density at radius 2 is 2.21 bits per heavy atom. The van der Waals surface area contributed by atoms with Crippen molar-refractivity contribution in [2.45, 2.75) is 0 Å². The first-order valence-corrected chi connectivity index (χ1v) is 3.90. The van der Waals surface area contributed by atoms with Gasteiger partial charge in [0.05, 0.1) is 6.21 Å². The van der Waals surface area contributed by atoms with Crippen molar-refractivity contribution < 1.29 is 0 Å². The predicted octanol–water partition coefficient (Wildman–Crippen LogP) is -0.619. The van der Waals surface area contributed by atoms with Gasteiger partial charge in [0.1, 0.15) is 0 Å². The number of nitrogens with one attached hydrogen (secondary N) is 1. The summed E-state index contributed by atoms with van der Waals surface area (Å²) in [6.45, 7) is 0. The van der Waals surface area contributed by atoms with Crippen LogP contribution >= 0.6 is 0 Å². The van der Waals surface area contributed by atoms with Crippen molar-refractivity contribution in [3.05, 3.63) is 29.8 Å². The second-order valence-corrected chi connectivity index (χ2v) is 2.55. The molecular weight excluding hydrogens is 180 g/mol. The molecule has 0 saturated carbocycles. The molecule has 0 radical (unpaired) electrons. The second kappa shape index (κ2) is 4.70. The minimum atomic E-state index is 0.0464. The van der Waals surface area contributed by atoms with Gasteiger partial charge in [-0.15, -0.1) is 5.10 Å². The van der Waals surface area contributed by atoms with Crippen molar-refractivity contribution in [1.82, 2.24) is 5.43 Å². The monoisotopic (exact) mass is 192 g/mol. The van der Waals surface area contributed by atoms with Gasteiger partial charge in [0.15, 0.2) is 0 Å². The third kappa shape index (κ3) is 3.02. The lowest BCUT2D eigenvalue weighted by atomic mass is 10.2. The Hall–Kier alpha value is -2.24. The summed E-state index contributed by atoms with van der Waals surface area (Å²) >= 11 is 0. The Kier molecular flexibility index (Phi) is 3.31. The zero-order valence-electron chi connectivity index (χ0n) is 7.51. The number of hydrogen-bond donors (Lipinski definition) is 4. The molecule has 0 unspecified atom stereocenters. The molecule has 0 fully saturated rings. The van der Waals surface area contributed by atoms with E-state index in [9.17, 15) is 0 Å². The fourth-order valence-corrected chi connectivity index (χ4v) is 0.841. The lowest BCUT2D eigenvalue weighted by Crippen LogP contribution is -2.28. The van der Waals surface area contributed by atoms with Gasteiger partial charge in [0.2, 0.25) is 5.96 Å². The van der Waals surface area contributed by atoms with Crippen LogP contribution in [0.15, 0.2) is 34.5 Å². The van der Waals surface area contributed by atoms with Gasteiger partial charge in [0.25, 0.3) is 0 Å². The Bertz CT molecular complexity index is 357. The van der Waals surface area contributed by atoms with Crippen molar-refractivity contribution in [2.75, 3.05) is 5.73 Å². The standard InChI is InChI=1S/C8H12N6/c9-7-3-1-2-6(4-7)5-12-14-8(10)13-11/h1-5H,9,11H2,(H3,10,13,14). The van der Waals surface area contributed by atoms with E-state index < -0.39 is 0 Å². The van der Waals surface area contributed by atoms with E-state index in [1.54, 1.807) is 18.3 Å². The fraction of sp³-hybridized carbons (Fsp3) is 0. The summed E-state index contributed by atoms with van der Waals surface area (Å²) in [7, 11) is 0. The van der Waals surface area contributed by atoms with E-state index in [2.05, 4.69) is 15.6 Å². The van der Waals surface area contributed by atoms with Crippen LogP contribution in [-0.4, -0.2) is 12.2 Å². The minimum absolute atomic E-state index is 0.0464. The van der Waals surface area contributed by atoms with Gasteiger partial charge < -0.3 is 17.3 Å². The molecule has 74 valence electrons. The van der Waals surface area contributed by atoms with Gasteiger partial charge in [-0.05, 0) is 17.7 Å². The summed E-state index contributed by atoms with van der Waals surface area (Å²) in [6.07, 6.45) is 1.56. The molecule has 7 N–H and O–H groups in total. The van der Waals surface area contributed by atoms with Crippen LogP contribution in [0.4, 0.5) is 5.69 Å². The molecule has 0 aliphatic carbocycles. The van der Waals surface area contributed by atoms with Crippen LogP contribution in [0.5, 0.6) is 0 Å². The van der Waals surface area contributed by atoms with E-state index >= 15 is 0 Å². The number of benzene rings is 1. The average molecular weight is 192 g/mol. The zero-order chi connectivity index (χ0) is 10.4. The molecule has 0 heterocycles. The zero-order valence-corrected chi connectivity index (χ0v) is 7.51. The third-order valence-corrected chi connectivity index (χ3v) is 1.44. The van der Waals surface area contributed by atoms with Crippen LogP contribution in [0.3, 0.4) is 0 Å². The number of rotatable bonds is 2. The first-order valence-electron chi connectivity index (χ1n) is 3.90. The molecule has 1 aromatic carbocycles. The summed E-state index contributed by atoms with van der Waals surface area (Å²) < 4.78 is 0. The van der Waals surface area contributed by atoms with Crippen LogP contribution in [0.1, 0.15) is 5.56 Å². The first-order chi connectivity index (χ1) is 6.72. The van der Waals surface area contributed by atoms with E-state index in [0.717, 1.165) is 5.56 Å². The number of hydrazone groups is 2. The van der Waals surface area contributed by atoms with Crippen LogP contribution in [0, 0.1) is 0 Å². The quantitative estimate of drug-likeness (QED) is 0.164. The van der Waals surface area contributed by atoms with E-state index in [-0.39, 0.29) is 5.96 Å². The molecule has 1 aromatic rings. The van der Waals surface area contributed by atoms with Gasteiger partial charge >= 0.3 is 0 Å². The van der Waals surface area contributed by atoms with E-state index in [1.807, 2.05) is 12.1 Å². The first kappa shape index (κ1) is 9.85. The van der Waals surface area contributed by atoms with E-state index in [4.69, 9.17) is 17.3 Å². The molecule has 0 atom stereocenters. The minimum Gasteiger partial charge on any atom is -0.399 e. The van der Waals surface area contributed by atoms with Crippen LogP contribution < -0.4 is 22.7 Å². The van der Waals surface area contributed by atoms with Gasteiger partial charge in [0, 0.05) is 5.69 Å². The van der Waals surface area contributed by atoms with Crippen LogP contribution in [0.2, 0.25) is 0 Å². The maximum absolute atomic E-state index is 5.57. The summed E-state index contributed by atoms with van der Waals surface area (Å²) in [5, 5.41) is 6.97. The topological polar surface area (TPSA) is 115 Å². The van der Waals surface area contributed by atoms with Gasteiger partial charge in [-0.2, -0.15) is 5.10 Å². The van der Waals surface area contributed by atoms with Crippen molar-refractivity contribution in [2.24, 2.45) is 21.8 Å². The average Bonchev–Trinajstić information content (AvgIpc) is 2.17. The Morgan fingerprint density at radius 3 is 2.86 bits per heavy atom. The molecule has 0 saturated heterocycles. The summed E-state index contributed by atoms with van der Waals surface area (Å²) in [5.41, 5.74) is 14.8. The van der Waals surface area contributed by atoms with Crippen molar-refractivity contribution in [1.29, 1.82) is 0 Å².